The summed E-state index contributed by atoms with van der Waals surface area (Å²) in [5.41, 5.74) is 3.83. The first-order valence-electron chi connectivity index (χ1n) is 9.06. The van der Waals surface area contributed by atoms with Crippen molar-refractivity contribution in [1.82, 2.24) is 14.7 Å². The maximum atomic E-state index is 12.1. The van der Waals surface area contributed by atoms with Gasteiger partial charge in [0.05, 0.1) is 25.5 Å². The Bertz CT molecular complexity index is 903. The Hall–Kier alpha value is -2.76. The summed E-state index contributed by atoms with van der Waals surface area (Å²) < 4.78 is 7.18. The van der Waals surface area contributed by atoms with Crippen molar-refractivity contribution in [2.75, 3.05) is 27.2 Å². The number of hydrogen-bond acceptors (Lipinski definition) is 4. The van der Waals surface area contributed by atoms with Crippen molar-refractivity contribution in [3.8, 4) is 11.3 Å². The van der Waals surface area contributed by atoms with Crippen molar-refractivity contribution in [1.29, 1.82) is 0 Å². The summed E-state index contributed by atoms with van der Waals surface area (Å²) in [4.78, 5) is 14.2. The van der Waals surface area contributed by atoms with Gasteiger partial charge in [-0.1, -0.05) is 54.6 Å². The number of nitrogens with zero attached hydrogens (tertiary/aromatic N) is 3. The molecule has 27 heavy (non-hydrogen) atoms. The smallest absolute Gasteiger partial charge is 0.267 e. The summed E-state index contributed by atoms with van der Waals surface area (Å²) in [5.74, 6) is 0. The third-order valence-electron chi connectivity index (χ3n) is 4.24. The summed E-state index contributed by atoms with van der Waals surface area (Å²) in [6.07, 6.45) is 0. The molecule has 5 heteroatoms. The van der Waals surface area contributed by atoms with Gasteiger partial charge in [-0.25, -0.2) is 4.68 Å². The highest BCUT2D eigenvalue weighted by atomic mass is 16.5. The first-order valence-corrected chi connectivity index (χ1v) is 9.06. The molecule has 0 aliphatic heterocycles. The molecule has 1 heterocycles. The molecule has 0 saturated carbocycles. The number of ether oxygens (including phenoxy) is 1. The molecule has 0 radical (unpaired) electrons. The largest absolute Gasteiger partial charge is 0.375 e. The minimum atomic E-state index is -0.103. The third-order valence-corrected chi connectivity index (χ3v) is 4.24. The number of likely N-dealkylation sites (N-methyl/N-ethyl adjacent to an activating group) is 1. The predicted octanol–water partition coefficient (Wildman–Crippen LogP) is 3.04. The molecule has 0 amide bonds. The van der Waals surface area contributed by atoms with Gasteiger partial charge in [0, 0.05) is 18.2 Å². The van der Waals surface area contributed by atoms with Gasteiger partial charge >= 0.3 is 0 Å². The van der Waals surface area contributed by atoms with Crippen molar-refractivity contribution in [3.63, 3.8) is 0 Å². The Morgan fingerprint density at radius 3 is 2.37 bits per heavy atom. The molecule has 1 aromatic heterocycles. The number of benzene rings is 2. The van der Waals surface area contributed by atoms with Gasteiger partial charge in [0.1, 0.15) is 0 Å². The topological polar surface area (TPSA) is 47.4 Å². The molecule has 0 fully saturated rings. The zero-order valence-electron chi connectivity index (χ0n) is 15.8. The number of aromatic nitrogens is 2. The van der Waals surface area contributed by atoms with Gasteiger partial charge in [0.15, 0.2) is 0 Å². The number of rotatable bonds is 8. The molecule has 0 bridgehead atoms. The lowest BCUT2D eigenvalue weighted by molar-refractivity contribution is 0.105. The fourth-order valence-electron chi connectivity index (χ4n) is 2.68. The summed E-state index contributed by atoms with van der Waals surface area (Å²) in [7, 11) is 4.06. The molecule has 2 aromatic carbocycles. The van der Waals surface area contributed by atoms with Crippen molar-refractivity contribution >= 4 is 0 Å². The van der Waals surface area contributed by atoms with Gasteiger partial charge in [-0.3, -0.25) is 4.79 Å². The van der Waals surface area contributed by atoms with E-state index in [9.17, 15) is 4.79 Å². The lowest BCUT2D eigenvalue weighted by Crippen LogP contribution is -2.22. The zero-order valence-corrected chi connectivity index (χ0v) is 15.8. The summed E-state index contributed by atoms with van der Waals surface area (Å²) in [5, 5.41) is 4.53. The Labute approximate surface area is 159 Å². The van der Waals surface area contributed by atoms with E-state index in [1.54, 1.807) is 12.1 Å². The van der Waals surface area contributed by atoms with E-state index in [1.807, 2.05) is 68.7 Å². The van der Waals surface area contributed by atoms with Crippen LogP contribution >= 0.6 is 0 Å². The minimum Gasteiger partial charge on any atom is -0.375 e. The Kier molecular flexibility index (Phi) is 6.52. The second kappa shape index (κ2) is 9.26. The van der Waals surface area contributed by atoms with Gasteiger partial charge in [0.25, 0.3) is 5.56 Å². The normalized spacial score (nSPS) is 11.1. The summed E-state index contributed by atoms with van der Waals surface area (Å²) in [6.45, 7) is 2.67. The molecule has 140 valence electrons. The van der Waals surface area contributed by atoms with E-state index in [0.29, 0.717) is 19.8 Å². The molecule has 0 spiro atoms. The van der Waals surface area contributed by atoms with Gasteiger partial charge in [-0.05, 0) is 31.3 Å². The van der Waals surface area contributed by atoms with Gasteiger partial charge in [-0.2, -0.15) is 5.10 Å². The second-order valence-corrected chi connectivity index (χ2v) is 6.75. The molecule has 5 nitrogen and oxygen atoms in total. The van der Waals surface area contributed by atoms with E-state index in [1.165, 1.54) is 4.68 Å². The highest BCUT2D eigenvalue weighted by molar-refractivity contribution is 5.58. The van der Waals surface area contributed by atoms with Crippen LogP contribution in [0, 0.1) is 0 Å². The quantitative estimate of drug-likeness (QED) is 0.577. The summed E-state index contributed by atoms with van der Waals surface area (Å²) >= 11 is 0. The molecule has 0 unspecified atom stereocenters. The van der Waals surface area contributed by atoms with Crippen molar-refractivity contribution < 1.29 is 4.74 Å². The monoisotopic (exact) mass is 363 g/mol. The first-order chi connectivity index (χ1) is 13.1. The van der Waals surface area contributed by atoms with Crippen LogP contribution in [-0.2, 0) is 17.9 Å². The Morgan fingerprint density at radius 2 is 1.67 bits per heavy atom. The Morgan fingerprint density at radius 1 is 0.926 bits per heavy atom. The van der Waals surface area contributed by atoms with Crippen LogP contribution in [0.1, 0.15) is 11.1 Å². The van der Waals surface area contributed by atoms with Gasteiger partial charge < -0.3 is 9.64 Å². The molecular weight excluding hydrogens is 338 g/mol. The van der Waals surface area contributed by atoms with Crippen LogP contribution in [0.15, 0.2) is 71.5 Å². The van der Waals surface area contributed by atoms with Crippen LogP contribution in [0.3, 0.4) is 0 Å². The van der Waals surface area contributed by atoms with E-state index in [-0.39, 0.29) is 5.56 Å². The first kappa shape index (κ1) is 19.0. The predicted molar refractivity (Wildman–Crippen MR) is 108 cm³/mol. The highest BCUT2D eigenvalue weighted by Gasteiger charge is 2.05. The van der Waals surface area contributed by atoms with Crippen LogP contribution in [0.4, 0.5) is 0 Å². The van der Waals surface area contributed by atoms with E-state index in [2.05, 4.69) is 10.00 Å². The minimum absolute atomic E-state index is 0.103. The van der Waals surface area contributed by atoms with E-state index in [4.69, 9.17) is 4.74 Å². The van der Waals surface area contributed by atoms with Crippen molar-refractivity contribution in [2.45, 2.75) is 13.2 Å². The average Bonchev–Trinajstić information content (AvgIpc) is 2.68. The van der Waals surface area contributed by atoms with Crippen LogP contribution in [-0.4, -0.2) is 41.9 Å². The van der Waals surface area contributed by atoms with Crippen LogP contribution < -0.4 is 5.56 Å². The molecule has 3 aromatic rings. The van der Waals surface area contributed by atoms with E-state index >= 15 is 0 Å². The molecule has 3 rings (SSSR count). The lowest BCUT2D eigenvalue weighted by Gasteiger charge is -2.10. The van der Waals surface area contributed by atoms with Crippen LogP contribution in [0.25, 0.3) is 11.3 Å². The number of hydrogen-bond donors (Lipinski definition) is 0. The van der Waals surface area contributed by atoms with E-state index < -0.39 is 0 Å². The standard InChI is InChI=1S/C22H25N3O2/c1-24(2)14-15-27-17-19-8-10-20(11-9-19)21-12-13-22(26)25(23-21)16-18-6-4-3-5-7-18/h3-13H,14-17H2,1-2H3. The molecular formula is C22H25N3O2. The Balaban J connectivity index is 1.69. The highest BCUT2D eigenvalue weighted by Crippen LogP contribution is 2.17. The molecule has 0 aliphatic carbocycles. The van der Waals surface area contributed by atoms with Crippen LogP contribution in [0.5, 0.6) is 0 Å². The molecule has 0 atom stereocenters. The SMILES string of the molecule is CN(C)CCOCc1ccc(-c2ccc(=O)n(Cc3ccccc3)n2)cc1. The second-order valence-electron chi connectivity index (χ2n) is 6.75. The molecule has 0 N–H and O–H groups in total. The third kappa shape index (κ3) is 5.61. The fraction of sp³-hybridized carbons (Fsp3) is 0.273. The maximum absolute atomic E-state index is 12.1. The summed E-state index contributed by atoms with van der Waals surface area (Å²) in [6, 6.07) is 21.3. The zero-order chi connectivity index (χ0) is 19.1. The fourth-order valence-corrected chi connectivity index (χ4v) is 2.68. The van der Waals surface area contributed by atoms with Crippen LogP contribution in [0.2, 0.25) is 0 Å². The lowest BCUT2D eigenvalue weighted by atomic mass is 10.1. The van der Waals surface area contributed by atoms with Crippen molar-refractivity contribution in [3.05, 3.63) is 88.2 Å². The maximum Gasteiger partial charge on any atom is 0.267 e. The molecule has 0 saturated heterocycles. The average molecular weight is 363 g/mol. The van der Waals surface area contributed by atoms with Gasteiger partial charge in [-0.15, -0.1) is 0 Å². The molecule has 0 aliphatic rings. The van der Waals surface area contributed by atoms with E-state index in [0.717, 1.165) is 28.9 Å². The van der Waals surface area contributed by atoms with Gasteiger partial charge in [0.2, 0.25) is 0 Å². The van der Waals surface area contributed by atoms with Crippen molar-refractivity contribution in [2.24, 2.45) is 0 Å².